The summed E-state index contributed by atoms with van der Waals surface area (Å²) in [6.45, 7) is 8.00. The Morgan fingerprint density at radius 1 is 1.17 bits per heavy atom. The number of hydrogen-bond acceptors (Lipinski definition) is 2. The summed E-state index contributed by atoms with van der Waals surface area (Å²) >= 11 is 0. The molecule has 0 unspecified atom stereocenters. The van der Waals surface area contributed by atoms with Gasteiger partial charge in [0.25, 0.3) is 0 Å². The maximum Gasteiger partial charge on any atom is 0.140 e. The number of carbonyl (C=O) groups excluding carboxylic acids is 1. The first-order chi connectivity index (χ1) is 8.56. The Morgan fingerprint density at radius 3 is 2.17 bits per heavy atom. The van der Waals surface area contributed by atoms with Crippen LogP contribution >= 0.6 is 0 Å². The third kappa shape index (κ3) is 2.35. The molecule has 0 aliphatic carbocycles. The van der Waals surface area contributed by atoms with Crippen LogP contribution in [-0.4, -0.2) is 18.9 Å². The number of nitrogens with one attached hydrogen (secondary N) is 1. The molecule has 18 heavy (non-hydrogen) atoms. The number of hydrogen-bond donors (Lipinski definition) is 1. The lowest BCUT2D eigenvalue weighted by atomic mass is 9.70. The maximum absolute atomic E-state index is 12.1. The van der Waals surface area contributed by atoms with Gasteiger partial charge in [-0.2, -0.15) is 0 Å². The van der Waals surface area contributed by atoms with Gasteiger partial charge >= 0.3 is 0 Å². The molecule has 0 aromatic heterocycles. The Bertz CT molecular complexity index is 413. The van der Waals surface area contributed by atoms with Crippen molar-refractivity contribution in [2.75, 3.05) is 13.1 Å². The summed E-state index contributed by atoms with van der Waals surface area (Å²) in [5.74, 6) is 0.849. The maximum atomic E-state index is 12.1. The van der Waals surface area contributed by atoms with Gasteiger partial charge < -0.3 is 5.32 Å². The predicted octanol–water partition coefficient (Wildman–Crippen LogP) is 3.02. The molecule has 1 aromatic rings. The van der Waals surface area contributed by atoms with Crippen LogP contribution in [0.5, 0.6) is 0 Å². The molecule has 0 amide bonds. The molecule has 1 N–H and O–H groups in total. The molecule has 1 aromatic carbocycles. The lowest BCUT2D eigenvalue weighted by Gasteiger charge is -2.36. The summed E-state index contributed by atoms with van der Waals surface area (Å²) in [4.78, 5) is 12.1. The Labute approximate surface area is 110 Å². The second-order valence-corrected chi connectivity index (χ2v) is 5.67. The van der Waals surface area contributed by atoms with E-state index in [9.17, 15) is 4.79 Å². The zero-order valence-electron chi connectivity index (χ0n) is 11.6. The van der Waals surface area contributed by atoms with Crippen LogP contribution in [0.3, 0.4) is 0 Å². The average molecular weight is 245 g/mol. The largest absolute Gasteiger partial charge is 0.317 e. The molecule has 0 radical (unpaired) electrons. The fourth-order valence-corrected chi connectivity index (χ4v) is 2.88. The van der Waals surface area contributed by atoms with E-state index in [1.807, 2.05) is 0 Å². The molecule has 1 fully saturated rings. The molecule has 2 nitrogen and oxygen atoms in total. The van der Waals surface area contributed by atoms with E-state index in [2.05, 4.69) is 43.4 Å². The van der Waals surface area contributed by atoms with E-state index >= 15 is 0 Å². The molecule has 98 valence electrons. The molecule has 0 spiro atoms. The summed E-state index contributed by atoms with van der Waals surface area (Å²) in [5.41, 5.74) is 2.29. The Balaban J connectivity index is 2.34. The highest BCUT2D eigenvalue weighted by Gasteiger charge is 2.38. The van der Waals surface area contributed by atoms with Crippen molar-refractivity contribution >= 4 is 5.78 Å². The van der Waals surface area contributed by atoms with Gasteiger partial charge in [-0.1, -0.05) is 38.1 Å². The first-order valence-corrected chi connectivity index (χ1v) is 6.88. The quantitative estimate of drug-likeness (QED) is 0.887. The van der Waals surface area contributed by atoms with Crippen LogP contribution in [0.1, 0.15) is 50.7 Å². The molecule has 2 heteroatoms. The van der Waals surface area contributed by atoms with Crippen molar-refractivity contribution in [3.63, 3.8) is 0 Å². The molecule has 1 saturated heterocycles. The van der Waals surface area contributed by atoms with Crippen LogP contribution in [0.15, 0.2) is 24.3 Å². The van der Waals surface area contributed by atoms with Crippen LogP contribution in [0.25, 0.3) is 0 Å². The van der Waals surface area contributed by atoms with Crippen LogP contribution in [0.4, 0.5) is 0 Å². The minimum atomic E-state index is -0.249. The SMILES string of the molecule is CC(=O)C1(c2ccc(C(C)C)cc2)CCNCC1. The average Bonchev–Trinajstić information content (AvgIpc) is 2.39. The van der Waals surface area contributed by atoms with Gasteiger partial charge in [-0.15, -0.1) is 0 Å². The van der Waals surface area contributed by atoms with Crippen molar-refractivity contribution in [1.82, 2.24) is 5.32 Å². The molecule has 0 atom stereocenters. The molecule has 1 aliphatic heterocycles. The second-order valence-electron chi connectivity index (χ2n) is 5.67. The van der Waals surface area contributed by atoms with E-state index in [0.717, 1.165) is 25.9 Å². The van der Waals surface area contributed by atoms with E-state index in [-0.39, 0.29) is 5.41 Å². The van der Waals surface area contributed by atoms with E-state index in [1.165, 1.54) is 11.1 Å². The van der Waals surface area contributed by atoms with Crippen molar-refractivity contribution in [2.45, 2.75) is 44.9 Å². The van der Waals surface area contributed by atoms with Gasteiger partial charge in [-0.3, -0.25) is 4.79 Å². The number of ketones is 1. The van der Waals surface area contributed by atoms with Crippen molar-refractivity contribution in [2.24, 2.45) is 0 Å². The van der Waals surface area contributed by atoms with Gasteiger partial charge in [0.1, 0.15) is 5.78 Å². The normalized spacial score (nSPS) is 18.9. The summed E-state index contributed by atoms with van der Waals surface area (Å²) in [6.07, 6.45) is 1.84. The minimum Gasteiger partial charge on any atom is -0.317 e. The van der Waals surface area contributed by atoms with E-state index in [0.29, 0.717) is 11.7 Å². The molecule has 2 rings (SSSR count). The molecule has 1 heterocycles. The summed E-state index contributed by atoms with van der Waals surface area (Å²) < 4.78 is 0. The molecule has 0 bridgehead atoms. The van der Waals surface area contributed by atoms with Crippen LogP contribution in [0.2, 0.25) is 0 Å². The lowest BCUT2D eigenvalue weighted by Crippen LogP contribution is -2.44. The highest BCUT2D eigenvalue weighted by Crippen LogP contribution is 2.35. The molecular formula is C16H23NO. The van der Waals surface area contributed by atoms with Crippen molar-refractivity contribution < 1.29 is 4.79 Å². The highest BCUT2D eigenvalue weighted by molar-refractivity contribution is 5.88. The van der Waals surface area contributed by atoms with Crippen molar-refractivity contribution in [3.8, 4) is 0 Å². The number of piperidine rings is 1. The first-order valence-electron chi connectivity index (χ1n) is 6.88. The van der Waals surface area contributed by atoms with Crippen molar-refractivity contribution in [3.05, 3.63) is 35.4 Å². The fraction of sp³-hybridized carbons (Fsp3) is 0.562. The standard InChI is InChI=1S/C16H23NO/c1-12(2)14-4-6-15(7-5-14)16(13(3)18)8-10-17-11-9-16/h4-7,12,17H,8-11H2,1-3H3. The monoisotopic (exact) mass is 245 g/mol. The van der Waals surface area contributed by atoms with E-state index in [4.69, 9.17) is 0 Å². The lowest BCUT2D eigenvalue weighted by molar-refractivity contribution is -0.123. The zero-order valence-corrected chi connectivity index (χ0v) is 11.6. The van der Waals surface area contributed by atoms with Gasteiger partial charge in [0.15, 0.2) is 0 Å². The zero-order chi connectivity index (χ0) is 13.2. The predicted molar refractivity (Wildman–Crippen MR) is 75.0 cm³/mol. The molecular weight excluding hydrogens is 222 g/mol. The van der Waals surface area contributed by atoms with E-state index in [1.54, 1.807) is 6.92 Å². The van der Waals surface area contributed by atoms with Gasteiger partial charge in [0.2, 0.25) is 0 Å². The summed E-state index contributed by atoms with van der Waals surface area (Å²) in [7, 11) is 0. The first kappa shape index (κ1) is 13.3. The molecule has 0 saturated carbocycles. The number of carbonyl (C=O) groups is 1. The van der Waals surface area contributed by atoms with Gasteiger partial charge in [0, 0.05) is 0 Å². The van der Waals surface area contributed by atoms with Crippen LogP contribution in [0, 0.1) is 0 Å². The number of benzene rings is 1. The third-order valence-electron chi connectivity index (χ3n) is 4.26. The Morgan fingerprint density at radius 2 is 1.72 bits per heavy atom. The number of rotatable bonds is 3. The van der Waals surface area contributed by atoms with Gasteiger partial charge in [-0.25, -0.2) is 0 Å². The van der Waals surface area contributed by atoms with E-state index < -0.39 is 0 Å². The summed E-state index contributed by atoms with van der Waals surface area (Å²) in [5, 5.41) is 3.34. The van der Waals surface area contributed by atoms with Crippen LogP contribution in [-0.2, 0) is 10.2 Å². The Hall–Kier alpha value is -1.15. The highest BCUT2D eigenvalue weighted by atomic mass is 16.1. The topological polar surface area (TPSA) is 29.1 Å². The number of Topliss-reactive ketones (excluding diaryl/α,β-unsaturated/α-hetero) is 1. The van der Waals surface area contributed by atoms with Gasteiger partial charge in [0.05, 0.1) is 5.41 Å². The Kier molecular flexibility index (Phi) is 3.86. The summed E-state index contributed by atoms with van der Waals surface area (Å²) in [6, 6.07) is 8.66. The van der Waals surface area contributed by atoms with Crippen LogP contribution < -0.4 is 5.32 Å². The minimum absolute atomic E-state index is 0.249. The van der Waals surface area contributed by atoms with Crippen molar-refractivity contribution in [1.29, 1.82) is 0 Å². The smallest absolute Gasteiger partial charge is 0.140 e. The fourth-order valence-electron chi connectivity index (χ4n) is 2.88. The van der Waals surface area contributed by atoms with Gasteiger partial charge in [-0.05, 0) is 49.9 Å². The second kappa shape index (κ2) is 5.23. The third-order valence-corrected chi connectivity index (χ3v) is 4.26. The molecule has 1 aliphatic rings.